The number of hydrogen-bond acceptors (Lipinski definition) is 4. The van der Waals surface area contributed by atoms with Gasteiger partial charge in [0.2, 0.25) is 11.8 Å². The van der Waals surface area contributed by atoms with Gasteiger partial charge in [-0.2, -0.15) is 0 Å². The zero-order valence-corrected chi connectivity index (χ0v) is 17.1. The van der Waals surface area contributed by atoms with Crippen molar-refractivity contribution >= 4 is 35.0 Å². The van der Waals surface area contributed by atoms with E-state index in [9.17, 15) is 19.2 Å². The highest BCUT2D eigenvalue weighted by molar-refractivity contribution is 6.10. The number of nitrogens with zero attached hydrogens (tertiary/aromatic N) is 2. The third kappa shape index (κ3) is 2.98. The van der Waals surface area contributed by atoms with Crippen LogP contribution in [0.1, 0.15) is 52.5 Å². The molecule has 3 heterocycles. The van der Waals surface area contributed by atoms with Crippen LogP contribution in [-0.4, -0.2) is 40.7 Å². The van der Waals surface area contributed by atoms with E-state index in [4.69, 9.17) is 0 Å². The lowest BCUT2D eigenvalue weighted by molar-refractivity contribution is -0.117. The molecule has 0 saturated carbocycles. The van der Waals surface area contributed by atoms with Gasteiger partial charge in [0.15, 0.2) is 0 Å². The van der Waals surface area contributed by atoms with Gasteiger partial charge in [0.25, 0.3) is 11.8 Å². The third-order valence-corrected chi connectivity index (χ3v) is 6.39. The van der Waals surface area contributed by atoms with E-state index in [0.717, 1.165) is 5.56 Å². The van der Waals surface area contributed by atoms with Gasteiger partial charge in [-0.25, -0.2) is 0 Å². The van der Waals surface area contributed by atoms with Crippen LogP contribution < -0.4 is 15.5 Å². The Morgan fingerprint density at radius 3 is 2.77 bits per heavy atom. The fourth-order valence-electron chi connectivity index (χ4n) is 4.77. The standard InChI is InChI=1S/C23H22N4O4/c1-23-10-8-20(29)27(23)18-5-3-2-4-16(18)22(31)26(23)11-9-19(28)25-15-7-6-14-13-24-21(30)17(14)12-15/h2-7,12H,8-11,13H2,1H3,(H,24,30)(H,25,28). The van der Waals surface area contributed by atoms with Crippen molar-refractivity contribution in [2.75, 3.05) is 16.8 Å². The van der Waals surface area contributed by atoms with Crippen LogP contribution in [0.3, 0.4) is 0 Å². The minimum atomic E-state index is -0.783. The predicted molar refractivity (Wildman–Crippen MR) is 113 cm³/mol. The van der Waals surface area contributed by atoms with E-state index in [0.29, 0.717) is 41.9 Å². The highest BCUT2D eigenvalue weighted by Gasteiger charge is 2.52. The molecule has 31 heavy (non-hydrogen) atoms. The molecule has 0 aliphatic carbocycles. The Labute approximate surface area is 179 Å². The molecule has 8 heteroatoms. The second-order valence-corrected chi connectivity index (χ2v) is 8.27. The van der Waals surface area contributed by atoms with Crippen LogP contribution in [0.25, 0.3) is 0 Å². The SMILES string of the molecule is CC12CCC(=O)N1c1ccccc1C(=O)N2CCC(=O)Nc1ccc2c(c1)C(=O)NC2. The minimum Gasteiger partial charge on any atom is -0.348 e. The molecule has 0 bridgehead atoms. The zero-order valence-electron chi connectivity index (χ0n) is 17.1. The molecule has 1 unspecified atom stereocenters. The van der Waals surface area contributed by atoms with Crippen LogP contribution in [-0.2, 0) is 16.1 Å². The summed E-state index contributed by atoms with van der Waals surface area (Å²) in [6.45, 7) is 2.56. The molecule has 8 nitrogen and oxygen atoms in total. The number of anilines is 2. The summed E-state index contributed by atoms with van der Waals surface area (Å²) in [4.78, 5) is 53.6. The van der Waals surface area contributed by atoms with Crippen molar-refractivity contribution in [3.63, 3.8) is 0 Å². The quantitative estimate of drug-likeness (QED) is 0.796. The second kappa shape index (κ2) is 6.94. The first-order valence-electron chi connectivity index (χ1n) is 10.3. The topological polar surface area (TPSA) is 98.8 Å². The molecule has 4 amide bonds. The third-order valence-electron chi connectivity index (χ3n) is 6.39. The maximum atomic E-state index is 13.2. The Kier molecular flexibility index (Phi) is 4.32. The van der Waals surface area contributed by atoms with Crippen molar-refractivity contribution in [1.82, 2.24) is 10.2 Å². The number of benzene rings is 2. The zero-order chi connectivity index (χ0) is 21.8. The summed E-state index contributed by atoms with van der Waals surface area (Å²) >= 11 is 0. The molecule has 1 atom stereocenters. The van der Waals surface area contributed by atoms with E-state index >= 15 is 0 Å². The molecule has 158 valence electrons. The Bertz CT molecular complexity index is 1140. The summed E-state index contributed by atoms with van der Waals surface area (Å²) in [5.41, 5.74) is 2.33. The molecule has 0 spiro atoms. The van der Waals surface area contributed by atoms with Gasteiger partial charge in [-0.1, -0.05) is 18.2 Å². The van der Waals surface area contributed by atoms with E-state index in [1.807, 2.05) is 19.1 Å². The summed E-state index contributed by atoms with van der Waals surface area (Å²) in [6, 6.07) is 12.3. The molecule has 2 N–H and O–H groups in total. The molecular weight excluding hydrogens is 396 g/mol. The highest BCUT2D eigenvalue weighted by Crippen LogP contribution is 2.43. The molecule has 0 radical (unpaired) electrons. The average Bonchev–Trinajstić information content (AvgIpc) is 3.27. The van der Waals surface area contributed by atoms with Crippen molar-refractivity contribution < 1.29 is 19.2 Å². The number of para-hydroxylation sites is 1. The van der Waals surface area contributed by atoms with Crippen LogP contribution in [0, 0.1) is 0 Å². The number of amides is 4. The van der Waals surface area contributed by atoms with Crippen molar-refractivity contribution in [1.29, 1.82) is 0 Å². The van der Waals surface area contributed by atoms with Crippen LogP contribution >= 0.6 is 0 Å². The van der Waals surface area contributed by atoms with Crippen LogP contribution in [0.2, 0.25) is 0 Å². The Hall–Kier alpha value is -3.68. The lowest BCUT2D eigenvalue weighted by Crippen LogP contribution is -2.62. The monoisotopic (exact) mass is 418 g/mol. The van der Waals surface area contributed by atoms with Gasteiger partial charge in [-0.05, 0) is 43.2 Å². The molecule has 1 saturated heterocycles. The molecule has 3 aliphatic heterocycles. The van der Waals surface area contributed by atoms with Gasteiger partial charge >= 0.3 is 0 Å². The fourth-order valence-corrected chi connectivity index (χ4v) is 4.77. The van der Waals surface area contributed by atoms with Gasteiger partial charge in [-0.3, -0.25) is 24.1 Å². The summed E-state index contributed by atoms with van der Waals surface area (Å²) in [7, 11) is 0. The first kappa shape index (κ1) is 19.3. The normalized spacial score (nSPS) is 21.5. The van der Waals surface area contributed by atoms with Gasteiger partial charge in [0.1, 0.15) is 5.66 Å². The lowest BCUT2D eigenvalue weighted by Gasteiger charge is -2.48. The number of carbonyl (C=O) groups is 4. The van der Waals surface area contributed by atoms with E-state index in [1.165, 1.54) is 0 Å². The number of carbonyl (C=O) groups excluding carboxylic acids is 4. The van der Waals surface area contributed by atoms with Crippen molar-refractivity contribution in [3.8, 4) is 0 Å². The second-order valence-electron chi connectivity index (χ2n) is 8.27. The van der Waals surface area contributed by atoms with Gasteiger partial charge in [-0.15, -0.1) is 0 Å². The van der Waals surface area contributed by atoms with Crippen molar-refractivity contribution in [2.45, 2.75) is 38.4 Å². The highest BCUT2D eigenvalue weighted by atomic mass is 16.2. The lowest BCUT2D eigenvalue weighted by atomic mass is 9.98. The Morgan fingerprint density at radius 1 is 1.13 bits per heavy atom. The fraction of sp³-hybridized carbons (Fsp3) is 0.304. The first-order valence-corrected chi connectivity index (χ1v) is 10.3. The van der Waals surface area contributed by atoms with Crippen molar-refractivity contribution in [2.24, 2.45) is 0 Å². The largest absolute Gasteiger partial charge is 0.348 e. The van der Waals surface area contributed by atoms with Crippen molar-refractivity contribution in [3.05, 3.63) is 59.2 Å². The summed E-state index contributed by atoms with van der Waals surface area (Å²) in [5, 5.41) is 5.56. The Morgan fingerprint density at radius 2 is 1.94 bits per heavy atom. The van der Waals surface area contributed by atoms with Crippen LogP contribution in [0.5, 0.6) is 0 Å². The average molecular weight is 418 g/mol. The Balaban J connectivity index is 1.34. The maximum Gasteiger partial charge on any atom is 0.257 e. The van der Waals surface area contributed by atoms with E-state index < -0.39 is 5.66 Å². The minimum absolute atomic E-state index is 0.0201. The number of fused-ring (bicyclic) bond motifs is 4. The number of nitrogens with one attached hydrogen (secondary N) is 2. The molecule has 0 aromatic heterocycles. The first-order chi connectivity index (χ1) is 14.9. The van der Waals surface area contributed by atoms with E-state index in [1.54, 1.807) is 40.1 Å². The molecule has 5 rings (SSSR count). The molecule has 3 aliphatic rings. The number of rotatable bonds is 4. The van der Waals surface area contributed by atoms with E-state index in [-0.39, 0.29) is 36.6 Å². The predicted octanol–water partition coefficient (Wildman–Crippen LogP) is 2.26. The maximum absolute atomic E-state index is 13.2. The molecule has 2 aromatic carbocycles. The van der Waals surface area contributed by atoms with Gasteiger partial charge in [0, 0.05) is 37.2 Å². The van der Waals surface area contributed by atoms with Gasteiger partial charge < -0.3 is 15.5 Å². The summed E-state index contributed by atoms with van der Waals surface area (Å²) in [6.07, 6.45) is 0.959. The smallest absolute Gasteiger partial charge is 0.257 e. The summed E-state index contributed by atoms with van der Waals surface area (Å²) in [5.74, 6) is -0.605. The van der Waals surface area contributed by atoms with Crippen LogP contribution in [0.15, 0.2) is 42.5 Å². The van der Waals surface area contributed by atoms with E-state index in [2.05, 4.69) is 10.6 Å². The van der Waals surface area contributed by atoms with Gasteiger partial charge in [0.05, 0.1) is 11.3 Å². The molecule has 1 fully saturated rings. The number of hydrogen-bond donors (Lipinski definition) is 2. The van der Waals surface area contributed by atoms with Crippen LogP contribution in [0.4, 0.5) is 11.4 Å². The summed E-state index contributed by atoms with van der Waals surface area (Å²) < 4.78 is 0. The molecular formula is C23H22N4O4. The molecule has 2 aromatic rings.